The van der Waals surface area contributed by atoms with E-state index >= 15 is 0 Å². The second-order valence-electron chi connectivity index (χ2n) is 5.35. The van der Waals surface area contributed by atoms with E-state index in [9.17, 15) is 9.59 Å². The number of benzene rings is 1. The first-order valence-corrected chi connectivity index (χ1v) is 7.54. The Kier molecular flexibility index (Phi) is 4.52. The Bertz CT molecular complexity index is 676. The predicted molar refractivity (Wildman–Crippen MR) is 86.8 cm³/mol. The maximum atomic E-state index is 12.4. The van der Waals surface area contributed by atoms with Gasteiger partial charge < -0.3 is 15.5 Å². The standard InChI is InChI=1S/C17H18N4O2/c22-16-15(8-10-21(16)14-6-2-1-3-7-14)20-17(23)19-12-13-5-4-9-18-11-13/h1-7,9,11,15H,8,10,12H2,(H2,19,20,23). The smallest absolute Gasteiger partial charge is 0.315 e. The highest BCUT2D eigenvalue weighted by Gasteiger charge is 2.33. The third-order valence-corrected chi connectivity index (χ3v) is 3.75. The fourth-order valence-electron chi connectivity index (χ4n) is 2.57. The Morgan fingerprint density at radius 2 is 2.04 bits per heavy atom. The lowest BCUT2D eigenvalue weighted by atomic mass is 10.2. The number of para-hydroxylation sites is 1. The van der Waals surface area contributed by atoms with Crippen LogP contribution < -0.4 is 15.5 Å². The first-order chi connectivity index (χ1) is 11.2. The molecule has 1 aromatic carbocycles. The van der Waals surface area contributed by atoms with Crippen LogP contribution in [0.5, 0.6) is 0 Å². The zero-order chi connectivity index (χ0) is 16.1. The average molecular weight is 310 g/mol. The van der Waals surface area contributed by atoms with Crippen LogP contribution in [0.1, 0.15) is 12.0 Å². The van der Waals surface area contributed by atoms with E-state index in [1.54, 1.807) is 17.3 Å². The average Bonchev–Trinajstić information content (AvgIpc) is 2.95. The van der Waals surface area contributed by atoms with Gasteiger partial charge in [-0.3, -0.25) is 9.78 Å². The van der Waals surface area contributed by atoms with Gasteiger partial charge in [-0.25, -0.2) is 4.79 Å². The van der Waals surface area contributed by atoms with E-state index in [1.165, 1.54) is 0 Å². The van der Waals surface area contributed by atoms with Crippen molar-refractivity contribution in [1.29, 1.82) is 0 Å². The van der Waals surface area contributed by atoms with Crippen LogP contribution in [0.25, 0.3) is 0 Å². The summed E-state index contributed by atoms with van der Waals surface area (Å²) in [6.45, 7) is 0.985. The second-order valence-corrected chi connectivity index (χ2v) is 5.35. The lowest BCUT2D eigenvalue weighted by molar-refractivity contribution is -0.118. The highest BCUT2D eigenvalue weighted by Crippen LogP contribution is 2.20. The SMILES string of the molecule is O=C(NCc1cccnc1)NC1CCN(c2ccccc2)C1=O. The van der Waals surface area contributed by atoms with Gasteiger partial charge in [0.15, 0.2) is 0 Å². The summed E-state index contributed by atoms with van der Waals surface area (Å²) >= 11 is 0. The number of nitrogens with zero attached hydrogens (tertiary/aromatic N) is 2. The van der Waals surface area contributed by atoms with E-state index in [0.717, 1.165) is 11.3 Å². The number of hydrogen-bond acceptors (Lipinski definition) is 3. The highest BCUT2D eigenvalue weighted by atomic mass is 16.2. The van der Waals surface area contributed by atoms with Gasteiger partial charge in [-0.15, -0.1) is 0 Å². The van der Waals surface area contributed by atoms with Gasteiger partial charge in [-0.1, -0.05) is 24.3 Å². The number of nitrogens with one attached hydrogen (secondary N) is 2. The first-order valence-electron chi connectivity index (χ1n) is 7.54. The van der Waals surface area contributed by atoms with Crippen LogP contribution in [-0.4, -0.2) is 29.5 Å². The van der Waals surface area contributed by atoms with Crippen molar-refractivity contribution in [2.45, 2.75) is 19.0 Å². The molecule has 6 nitrogen and oxygen atoms in total. The number of pyridine rings is 1. The van der Waals surface area contributed by atoms with Gasteiger partial charge in [0.2, 0.25) is 5.91 Å². The molecule has 1 fully saturated rings. The van der Waals surface area contributed by atoms with E-state index in [0.29, 0.717) is 19.5 Å². The summed E-state index contributed by atoms with van der Waals surface area (Å²) in [6, 6.07) is 12.3. The number of urea groups is 1. The molecular formula is C17H18N4O2. The molecule has 3 amide bonds. The van der Waals surface area contributed by atoms with Gasteiger partial charge in [0, 0.05) is 31.2 Å². The van der Waals surface area contributed by atoms with Crippen LogP contribution >= 0.6 is 0 Å². The maximum absolute atomic E-state index is 12.4. The van der Waals surface area contributed by atoms with E-state index in [2.05, 4.69) is 15.6 Å². The summed E-state index contributed by atoms with van der Waals surface area (Å²) in [5, 5.41) is 5.48. The Hall–Kier alpha value is -2.89. The summed E-state index contributed by atoms with van der Waals surface area (Å²) in [5.41, 5.74) is 1.77. The highest BCUT2D eigenvalue weighted by molar-refractivity contribution is 6.01. The largest absolute Gasteiger partial charge is 0.334 e. The topological polar surface area (TPSA) is 74.3 Å². The molecule has 23 heavy (non-hydrogen) atoms. The van der Waals surface area contributed by atoms with Crippen LogP contribution in [-0.2, 0) is 11.3 Å². The lowest BCUT2D eigenvalue weighted by Gasteiger charge is -2.17. The van der Waals surface area contributed by atoms with Gasteiger partial charge in [0.05, 0.1) is 0 Å². The number of hydrogen-bond donors (Lipinski definition) is 2. The van der Waals surface area contributed by atoms with E-state index in [1.807, 2.05) is 42.5 Å². The summed E-state index contributed by atoms with van der Waals surface area (Å²) in [7, 11) is 0. The summed E-state index contributed by atoms with van der Waals surface area (Å²) in [5.74, 6) is -0.0762. The fraction of sp³-hybridized carbons (Fsp3) is 0.235. The van der Waals surface area contributed by atoms with Crippen molar-refractivity contribution in [3.05, 3.63) is 60.4 Å². The molecule has 0 saturated carbocycles. The maximum Gasteiger partial charge on any atom is 0.315 e. The summed E-state index contributed by atoms with van der Waals surface area (Å²) in [6.07, 6.45) is 3.98. The van der Waals surface area contributed by atoms with E-state index in [-0.39, 0.29) is 11.9 Å². The van der Waals surface area contributed by atoms with Gasteiger partial charge in [0.1, 0.15) is 6.04 Å². The van der Waals surface area contributed by atoms with Crippen molar-refractivity contribution in [3.8, 4) is 0 Å². The summed E-state index contributed by atoms with van der Waals surface area (Å²) in [4.78, 5) is 30.0. The molecule has 1 aliphatic heterocycles. The van der Waals surface area contributed by atoms with Crippen LogP contribution in [0.3, 0.4) is 0 Å². The molecule has 1 unspecified atom stereocenters. The van der Waals surface area contributed by atoms with Crippen molar-refractivity contribution in [2.24, 2.45) is 0 Å². The molecule has 118 valence electrons. The molecule has 0 radical (unpaired) electrons. The van der Waals surface area contributed by atoms with Crippen LogP contribution in [0, 0.1) is 0 Å². The Morgan fingerprint density at radius 3 is 2.78 bits per heavy atom. The molecule has 0 spiro atoms. The summed E-state index contributed by atoms with van der Waals surface area (Å²) < 4.78 is 0. The number of carbonyl (C=O) groups excluding carboxylic acids is 2. The molecule has 1 aliphatic rings. The molecule has 3 rings (SSSR count). The molecule has 2 heterocycles. The van der Waals surface area contributed by atoms with Crippen LogP contribution in [0.15, 0.2) is 54.9 Å². The van der Waals surface area contributed by atoms with Gasteiger partial charge >= 0.3 is 6.03 Å². The molecule has 2 aromatic rings. The Labute approximate surface area is 134 Å². The normalized spacial score (nSPS) is 17.1. The minimum Gasteiger partial charge on any atom is -0.334 e. The molecule has 1 saturated heterocycles. The molecule has 1 aromatic heterocycles. The van der Waals surface area contributed by atoms with Crippen molar-refractivity contribution < 1.29 is 9.59 Å². The number of carbonyl (C=O) groups is 2. The minimum atomic E-state index is -0.482. The van der Waals surface area contributed by atoms with Gasteiger partial charge in [-0.2, -0.15) is 0 Å². The number of amides is 3. The third kappa shape index (κ3) is 3.66. The van der Waals surface area contributed by atoms with Crippen molar-refractivity contribution in [2.75, 3.05) is 11.4 Å². The molecular weight excluding hydrogens is 292 g/mol. The first kappa shape index (κ1) is 15.0. The lowest BCUT2D eigenvalue weighted by Crippen LogP contribution is -2.45. The van der Waals surface area contributed by atoms with E-state index < -0.39 is 6.04 Å². The monoisotopic (exact) mass is 310 g/mol. The predicted octanol–water partition coefficient (Wildman–Crippen LogP) is 1.69. The quantitative estimate of drug-likeness (QED) is 0.902. The van der Waals surface area contributed by atoms with Crippen molar-refractivity contribution in [1.82, 2.24) is 15.6 Å². The van der Waals surface area contributed by atoms with Crippen molar-refractivity contribution in [3.63, 3.8) is 0 Å². The molecule has 1 atom stereocenters. The zero-order valence-electron chi connectivity index (χ0n) is 12.6. The second kappa shape index (κ2) is 6.91. The van der Waals surface area contributed by atoms with Crippen LogP contribution in [0.2, 0.25) is 0 Å². The van der Waals surface area contributed by atoms with Gasteiger partial charge in [-0.05, 0) is 30.2 Å². The van der Waals surface area contributed by atoms with Gasteiger partial charge in [0.25, 0.3) is 0 Å². The molecule has 2 N–H and O–H groups in total. The van der Waals surface area contributed by atoms with Crippen LogP contribution in [0.4, 0.5) is 10.5 Å². The van der Waals surface area contributed by atoms with Crippen molar-refractivity contribution >= 4 is 17.6 Å². The third-order valence-electron chi connectivity index (χ3n) is 3.75. The zero-order valence-corrected chi connectivity index (χ0v) is 12.6. The number of anilines is 1. The molecule has 0 bridgehead atoms. The molecule has 6 heteroatoms. The fourth-order valence-corrected chi connectivity index (χ4v) is 2.57. The minimum absolute atomic E-state index is 0.0762. The Morgan fingerprint density at radius 1 is 1.22 bits per heavy atom. The number of rotatable bonds is 4. The molecule has 0 aliphatic carbocycles. The van der Waals surface area contributed by atoms with E-state index in [4.69, 9.17) is 0 Å². The number of aromatic nitrogens is 1. The Balaban J connectivity index is 1.52.